The van der Waals surface area contributed by atoms with Gasteiger partial charge in [-0.05, 0) is 42.6 Å². The van der Waals surface area contributed by atoms with E-state index in [1.807, 2.05) is 7.05 Å². The van der Waals surface area contributed by atoms with E-state index in [1.54, 1.807) is 0 Å². The number of rotatable bonds is 2. The number of hydrogen-bond acceptors (Lipinski definition) is 1. The maximum absolute atomic E-state index is 3.53. The van der Waals surface area contributed by atoms with Crippen LogP contribution in [0.1, 0.15) is 37.9 Å². The quantitative estimate of drug-likeness (QED) is 0.854. The van der Waals surface area contributed by atoms with E-state index in [9.17, 15) is 0 Å². The summed E-state index contributed by atoms with van der Waals surface area (Å²) in [6.07, 6.45) is 0. The summed E-state index contributed by atoms with van der Waals surface area (Å²) in [5, 5.41) is 3.41. The van der Waals surface area contributed by atoms with Gasteiger partial charge in [0, 0.05) is 10.5 Å². The predicted molar refractivity (Wildman–Crippen MR) is 70.1 cm³/mol. The monoisotopic (exact) mass is 269 g/mol. The van der Waals surface area contributed by atoms with Gasteiger partial charge in [-0.15, -0.1) is 0 Å². The van der Waals surface area contributed by atoms with Gasteiger partial charge in [-0.1, -0.05) is 42.8 Å². The summed E-state index contributed by atoms with van der Waals surface area (Å²) in [6.45, 7) is 8.94. The maximum Gasteiger partial charge on any atom is 0.0369 e. The summed E-state index contributed by atoms with van der Waals surface area (Å²) in [4.78, 5) is 0. The first kappa shape index (κ1) is 12.7. The zero-order chi connectivity index (χ0) is 11.6. The molecule has 1 aromatic rings. The molecular formula is C13H20BrN. The van der Waals surface area contributed by atoms with Gasteiger partial charge < -0.3 is 5.32 Å². The molecule has 1 unspecified atom stereocenters. The molecule has 0 saturated heterocycles. The highest BCUT2D eigenvalue weighted by Crippen LogP contribution is 2.35. The topological polar surface area (TPSA) is 12.0 Å². The molecule has 1 atom stereocenters. The van der Waals surface area contributed by atoms with Crippen LogP contribution in [0.3, 0.4) is 0 Å². The molecule has 1 aromatic carbocycles. The molecule has 2 heteroatoms. The van der Waals surface area contributed by atoms with Gasteiger partial charge in [0.25, 0.3) is 0 Å². The van der Waals surface area contributed by atoms with E-state index in [-0.39, 0.29) is 5.41 Å². The molecule has 0 amide bonds. The average molecular weight is 270 g/mol. The molecule has 0 aliphatic rings. The molecule has 0 aromatic heterocycles. The second kappa shape index (κ2) is 4.67. The van der Waals surface area contributed by atoms with Crippen LogP contribution in [0.25, 0.3) is 0 Å². The Labute approximate surface area is 101 Å². The highest BCUT2D eigenvalue weighted by atomic mass is 79.9. The Morgan fingerprint density at radius 3 is 2.33 bits per heavy atom. The molecule has 0 saturated carbocycles. The molecule has 0 aliphatic heterocycles. The first-order valence-electron chi connectivity index (χ1n) is 5.29. The number of nitrogens with one attached hydrogen (secondary N) is 1. The SMILES string of the molecule is CNC(c1cc(Br)ccc1C)C(C)(C)C. The Bertz CT molecular complexity index is 339. The van der Waals surface area contributed by atoms with E-state index >= 15 is 0 Å². The number of aryl methyl sites for hydroxylation is 1. The van der Waals surface area contributed by atoms with E-state index in [0.29, 0.717) is 6.04 Å². The second-order valence-electron chi connectivity index (χ2n) is 5.09. The van der Waals surface area contributed by atoms with Crippen LogP contribution in [-0.2, 0) is 0 Å². The minimum absolute atomic E-state index is 0.223. The van der Waals surface area contributed by atoms with Crippen LogP contribution in [0.2, 0.25) is 0 Å². The summed E-state index contributed by atoms with van der Waals surface area (Å²) in [7, 11) is 2.02. The fraction of sp³-hybridized carbons (Fsp3) is 0.538. The van der Waals surface area contributed by atoms with Crippen LogP contribution in [0.4, 0.5) is 0 Å². The Morgan fingerprint density at radius 2 is 1.87 bits per heavy atom. The molecule has 0 fully saturated rings. The molecule has 0 spiro atoms. The highest BCUT2D eigenvalue weighted by molar-refractivity contribution is 9.10. The van der Waals surface area contributed by atoms with Crippen LogP contribution < -0.4 is 5.32 Å². The van der Waals surface area contributed by atoms with E-state index in [0.717, 1.165) is 4.47 Å². The lowest BCUT2D eigenvalue weighted by Crippen LogP contribution is -2.30. The summed E-state index contributed by atoms with van der Waals surface area (Å²) in [5.41, 5.74) is 2.94. The van der Waals surface area contributed by atoms with Crippen molar-refractivity contribution in [2.24, 2.45) is 5.41 Å². The molecule has 15 heavy (non-hydrogen) atoms. The van der Waals surface area contributed by atoms with E-state index in [1.165, 1.54) is 11.1 Å². The van der Waals surface area contributed by atoms with Gasteiger partial charge >= 0.3 is 0 Å². The van der Waals surface area contributed by atoms with Crippen molar-refractivity contribution in [2.75, 3.05) is 7.05 Å². The fourth-order valence-corrected chi connectivity index (χ4v) is 2.36. The second-order valence-corrected chi connectivity index (χ2v) is 6.00. The molecule has 1 nitrogen and oxygen atoms in total. The lowest BCUT2D eigenvalue weighted by molar-refractivity contribution is 0.286. The Kier molecular flexibility index (Phi) is 3.96. The average Bonchev–Trinajstić information content (AvgIpc) is 2.10. The highest BCUT2D eigenvalue weighted by Gasteiger charge is 2.25. The van der Waals surface area contributed by atoms with Gasteiger partial charge in [0.05, 0.1) is 0 Å². The van der Waals surface area contributed by atoms with Gasteiger partial charge in [0.1, 0.15) is 0 Å². The Morgan fingerprint density at radius 1 is 1.27 bits per heavy atom. The number of halogens is 1. The van der Waals surface area contributed by atoms with E-state index in [4.69, 9.17) is 0 Å². The third kappa shape index (κ3) is 3.05. The first-order valence-corrected chi connectivity index (χ1v) is 6.09. The van der Waals surface area contributed by atoms with E-state index in [2.05, 4.69) is 67.1 Å². The Hall–Kier alpha value is -0.340. The molecule has 0 radical (unpaired) electrons. The molecule has 0 bridgehead atoms. The molecule has 1 rings (SSSR count). The molecule has 0 heterocycles. The third-order valence-corrected chi connectivity index (χ3v) is 3.20. The van der Waals surface area contributed by atoms with Crippen molar-refractivity contribution in [2.45, 2.75) is 33.7 Å². The first-order chi connectivity index (χ1) is 6.86. The zero-order valence-electron chi connectivity index (χ0n) is 10.2. The molecule has 1 N–H and O–H groups in total. The lowest BCUT2D eigenvalue weighted by atomic mass is 9.81. The molecular weight excluding hydrogens is 250 g/mol. The maximum atomic E-state index is 3.53. The molecule has 84 valence electrons. The summed E-state index contributed by atoms with van der Waals surface area (Å²) in [6, 6.07) is 6.85. The van der Waals surface area contributed by atoms with Gasteiger partial charge in [0.15, 0.2) is 0 Å². The van der Waals surface area contributed by atoms with Gasteiger partial charge in [-0.2, -0.15) is 0 Å². The summed E-state index contributed by atoms with van der Waals surface area (Å²) < 4.78 is 1.15. The van der Waals surface area contributed by atoms with Crippen molar-refractivity contribution < 1.29 is 0 Å². The Balaban J connectivity index is 3.18. The lowest BCUT2D eigenvalue weighted by Gasteiger charge is -2.32. The van der Waals surface area contributed by atoms with Crippen molar-refractivity contribution in [3.63, 3.8) is 0 Å². The van der Waals surface area contributed by atoms with Gasteiger partial charge in [0.2, 0.25) is 0 Å². The largest absolute Gasteiger partial charge is 0.313 e. The van der Waals surface area contributed by atoms with Crippen LogP contribution >= 0.6 is 15.9 Å². The van der Waals surface area contributed by atoms with Crippen LogP contribution in [0.5, 0.6) is 0 Å². The van der Waals surface area contributed by atoms with Crippen molar-refractivity contribution in [3.8, 4) is 0 Å². The van der Waals surface area contributed by atoms with Gasteiger partial charge in [-0.3, -0.25) is 0 Å². The fourth-order valence-electron chi connectivity index (χ4n) is 1.98. The predicted octanol–water partition coefficient (Wildman–Crippen LogP) is 4.06. The van der Waals surface area contributed by atoms with Crippen LogP contribution in [-0.4, -0.2) is 7.05 Å². The number of hydrogen-bond donors (Lipinski definition) is 1. The van der Waals surface area contributed by atoms with Crippen molar-refractivity contribution in [3.05, 3.63) is 33.8 Å². The normalized spacial score (nSPS) is 14.0. The minimum Gasteiger partial charge on any atom is -0.313 e. The van der Waals surface area contributed by atoms with Crippen molar-refractivity contribution >= 4 is 15.9 Å². The minimum atomic E-state index is 0.223. The zero-order valence-corrected chi connectivity index (χ0v) is 11.8. The van der Waals surface area contributed by atoms with Crippen LogP contribution in [0, 0.1) is 12.3 Å². The van der Waals surface area contributed by atoms with Gasteiger partial charge in [-0.25, -0.2) is 0 Å². The summed E-state index contributed by atoms with van der Waals surface area (Å²) in [5.74, 6) is 0. The van der Waals surface area contributed by atoms with Crippen molar-refractivity contribution in [1.82, 2.24) is 5.32 Å². The summed E-state index contributed by atoms with van der Waals surface area (Å²) >= 11 is 3.53. The van der Waals surface area contributed by atoms with Crippen LogP contribution in [0.15, 0.2) is 22.7 Å². The number of benzene rings is 1. The third-order valence-electron chi connectivity index (χ3n) is 2.71. The van der Waals surface area contributed by atoms with E-state index < -0.39 is 0 Å². The standard InChI is InChI=1S/C13H20BrN/c1-9-6-7-10(14)8-11(9)12(15-5)13(2,3)4/h6-8,12,15H,1-5H3. The smallest absolute Gasteiger partial charge is 0.0369 e. The molecule has 0 aliphatic carbocycles. The van der Waals surface area contributed by atoms with Crippen molar-refractivity contribution in [1.29, 1.82) is 0 Å².